The van der Waals surface area contributed by atoms with Crippen LogP contribution in [0.2, 0.25) is 0 Å². The smallest absolute Gasteiger partial charge is 0.329 e. The summed E-state index contributed by atoms with van der Waals surface area (Å²) in [6, 6.07) is 4.82. The van der Waals surface area contributed by atoms with Gasteiger partial charge >= 0.3 is 11.7 Å². The number of benzene rings is 1. The molecule has 0 bridgehead atoms. The number of hydrogen-bond acceptors (Lipinski definition) is 6. The van der Waals surface area contributed by atoms with Gasteiger partial charge in [0.05, 0.1) is 22.6 Å². The SMILES string of the molecule is Cn1c(=O)n(C2CCC(=O)NC2=O)c2cccc(N3CC(C(=O)OC(C)(C)C)C3)c21. The second-order valence-electron chi connectivity index (χ2n) is 8.96. The number of aromatic nitrogens is 2. The van der Waals surface area contributed by atoms with Gasteiger partial charge in [0.2, 0.25) is 11.8 Å². The molecule has 2 aliphatic rings. The van der Waals surface area contributed by atoms with Gasteiger partial charge in [-0.3, -0.25) is 28.8 Å². The molecule has 1 aromatic heterocycles. The number of carbonyl (C=O) groups is 3. The zero-order chi connectivity index (χ0) is 21.8. The topological polar surface area (TPSA) is 103 Å². The summed E-state index contributed by atoms with van der Waals surface area (Å²) in [6.07, 6.45) is 0.487. The van der Waals surface area contributed by atoms with Crippen molar-refractivity contribution in [1.82, 2.24) is 14.5 Å². The van der Waals surface area contributed by atoms with Crippen molar-refractivity contribution in [3.63, 3.8) is 0 Å². The maximum Gasteiger partial charge on any atom is 0.329 e. The number of rotatable bonds is 3. The zero-order valence-electron chi connectivity index (χ0n) is 17.6. The highest BCUT2D eigenvalue weighted by Gasteiger charge is 2.38. The number of carbonyl (C=O) groups excluding carboxylic acids is 3. The first-order valence-electron chi connectivity index (χ1n) is 10.1. The number of imidazole rings is 1. The van der Waals surface area contributed by atoms with Gasteiger partial charge < -0.3 is 9.64 Å². The van der Waals surface area contributed by atoms with Gasteiger partial charge in [-0.25, -0.2) is 4.79 Å². The Balaban J connectivity index is 1.65. The summed E-state index contributed by atoms with van der Waals surface area (Å²) in [5, 5.41) is 2.32. The summed E-state index contributed by atoms with van der Waals surface area (Å²) in [5.74, 6) is -1.21. The molecule has 2 aromatic rings. The lowest BCUT2D eigenvalue weighted by atomic mass is 9.98. The molecule has 9 heteroatoms. The van der Waals surface area contributed by atoms with Crippen LogP contribution in [0.25, 0.3) is 11.0 Å². The average Bonchev–Trinajstić information content (AvgIpc) is 2.84. The van der Waals surface area contributed by atoms with Crippen molar-refractivity contribution in [1.29, 1.82) is 0 Å². The Morgan fingerprint density at radius 1 is 1.17 bits per heavy atom. The summed E-state index contributed by atoms with van der Waals surface area (Å²) in [4.78, 5) is 51.2. The molecule has 3 heterocycles. The van der Waals surface area contributed by atoms with Crippen LogP contribution in [0.3, 0.4) is 0 Å². The maximum atomic E-state index is 13.0. The number of fused-ring (bicyclic) bond motifs is 1. The molecule has 1 aromatic carbocycles. The van der Waals surface area contributed by atoms with Crippen LogP contribution in [0, 0.1) is 5.92 Å². The van der Waals surface area contributed by atoms with Gasteiger partial charge in [0, 0.05) is 26.6 Å². The van der Waals surface area contributed by atoms with E-state index in [0.717, 1.165) is 5.69 Å². The van der Waals surface area contributed by atoms with Crippen molar-refractivity contribution in [2.24, 2.45) is 13.0 Å². The second kappa shape index (κ2) is 7.00. The Bertz CT molecular complexity index is 1100. The van der Waals surface area contributed by atoms with Crippen LogP contribution >= 0.6 is 0 Å². The van der Waals surface area contributed by atoms with Gasteiger partial charge in [0.1, 0.15) is 11.6 Å². The molecule has 1 unspecified atom stereocenters. The molecule has 160 valence electrons. The van der Waals surface area contributed by atoms with Crippen molar-refractivity contribution in [2.75, 3.05) is 18.0 Å². The Kier molecular flexibility index (Phi) is 4.71. The maximum absolute atomic E-state index is 13.0. The van der Waals surface area contributed by atoms with E-state index in [9.17, 15) is 19.2 Å². The number of nitrogens with one attached hydrogen (secondary N) is 1. The predicted octanol–water partition coefficient (Wildman–Crippen LogP) is 1.10. The lowest BCUT2D eigenvalue weighted by molar-refractivity contribution is -0.160. The summed E-state index contributed by atoms with van der Waals surface area (Å²) >= 11 is 0. The van der Waals surface area contributed by atoms with E-state index >= 15 is 0 Å². The number of esters is 1. The van der Waals surface area contributed by atoms with Crippen LogP contribution in [0.15, 0.2) is 23.0 Å². The molecular weight excluding hydrogens is 388 g/mol. The van der Waals surface area contributed by atoms with Crippen LogP contribution in [0.5, 0.6) is 0 Å². The molecule has 0 spiro atoms. The Morgan fingerprint density at radius 2 is 1.87 bits per heavy atom. The van der Waals surface area contributed by atoms with Crippen molar-refractivity contribution in [3.8, 4) is 0 Å². The third-order valence-electron chi connectivity index (χ3n) is 5.57. The van der Waals surface area contributed by atoms with Crippen LogP contribution in [0.4, 0.5) is 5.69 Å². The number of amides is 2. The van der Waals surface area contributed by atoms with Gasteiger partial charge in [-0.1, -0.05) is 6.07 Å². The molecule has 2 saturated heterocycles. The van der Waals surface area contributed by atoms with Gasteiger partial charge in [0.25, 0.3) is 0 Å². The number of anilines is 1. The molecule has 2 aliphatic heterocycles. The molecule has 30 heavy (non-hydrogen) atoms. The quantitative estimate of drug-likeness (QED) is 0.596. The standard InChI is InChI=1S/C21H26N4O5/c1-21(2,3)30-19(28)12-10-24(11-12)13-6-5-7-14-17(13)23(4)20(29)25(14)15-8-9-16(26)22-18(15)27/h5-7,12,15H,8-11H2,1-4H3,(H,22,26,27). The summed E-state index contributed by atoms with van der Waals surface area (Å²) in [7, 11) is 1.67. The fraction of sp³-hybridized carbons (Fsp3) is 0.524. The molecule has 9 nitrogen and oxygen atoms in total. The van der Waals surface area contributed by atoms with E-state index in [2.05, 4.69) is 5.32 Å². The van der Waals surface area contributed by atoms with Crippen LogP contribution in [-0.4, -0.2) is 45.6 Å². The lowest BCUT2D eigenvalue weighted by Crippen LogP contribution is -2.52. The number of aryl methyl sites for hydroxylation is 1. The van der Waals surface area contributed by atoms with Gasteiger partial charge in [0.15, 0.2) is 0 Å². The van der Waals surface area contributed by atoms with Crippen molar-refractivity contribution in [3.05, 3.63) is 28.7 Å². The summed E-state index contributed by atoms with van der Waals surface area (Å²) < 4.78 is 8.45. The van der Waals surface area contributed by atoms with Crippen molar-refractivity contribution < 1.29 is 19.1 Å². The summed E-state index contributed by atoms with van der Waals surface area (Å²) in [5.41, 5.74) is 1.33. The first kappa shape index (κ1) is 20.2. The number of ether oxygens (including phenoxy) is 1. The highest BCUT2D eigenvalue weighted by atomic mass is 16.6. The van der Waals surface area contributed by atoms with Crippen LogP contribution in [0.1, 0.15) is 39.7 Å². The second-order valence-corrected chi connectivity index (χ2v) is 8.96. The molecule has 0 aliphatic carbocycles. The van der Waals surface area contributed by atoms with E-state index in [1.165, 1.54) is 9.13 Å². The predicted molar refractivity (Wildman–Crippen MR) is 110 cm³/mol. The molecule has 2 fully saturated rings. The van der Waals surface area contributed by atoms with E-state index in [1.54, 1.807) is 13.1 Å². The first-order chi connectivity index (χ1) is 14.1. The van der Waals surface area contributed by atoms with Gasteiger partial charge in [-0.2, -0.15) is 0 Å². The fourth-order valence-electron chi connectivity index (χ4n) is 4.11. The van der Waals surface area contributed by atoms with E-state index in [1.807, 2.05) is 37.8 Å². The van der Waals surface area contributed by atoms with Crippen molar-refractivity contribution in [2.45, 2.75) is 45.3 Å². The zero-order valence-corrected chi connectivity index (χ0v) is 17.6. The highest BCUT2D eigenvalue weighted by Crippen LogP contribution is 2.33. The lowest BCUT2D eigenvalue weighted by Gasteiger charge is -2.40. The minimum absolute atomic E-state index is 0.197. The molecule has 4 rings (SSSR count). The molecule has 1 N–H and O–H groups in total. The molecular formula is C21H26N4O5. The van der Waals surface area contributed by atoms with E-state index in [-0.39, 0.29) is 29.9 Å². The first-order valence-corrected chi connectivity index (χ1v) is 10.1. The van der Waals surface area contributed by atoms with Gasteiger partial charge in [-0.05, 0) is 39.3 Å². The number of hydrogen-bond donors (Lipinski definition) is 1. The fourth-order valence-corrected chi connectivity index (χ4v) is 4.11. The minimum Gasteiger partial charge on any atom is -0.460 e. The number of para-hydroxylation sites is 1. The molecule has 0 saturated carbocycles. The molecule has 2 amide bonds. The highest BCUT2D eigenvalue weighted by molar-refractivity contribution is 6.00. The Labute approximate surface area is 173 Å². The van der Waals surface area contributed by atoms with E-state index in [0.29, 0.717) is 30.5 Å². The Morgan fingerprint density at radius 3 is 2.50 bits per heavy atom. The van der Waals surface area contributed by atoms with E-state index < -0.39 is 17.6 Å². The largest absolute Gasteiger partial charge is 0.460 e. The average molecular weight is 414 g/mol. The van der Waals surface area contributed by atoms with Crippen molar-refractivity contribution >= 4 is 34.5 Å². The normalized spacial score (nSPS) is 20.3. The van der Waals surface area contributed by atoms with Crippen LogP contribution in [-0.2, 0) is 26.2 Å². The summed E-state index contributed by atoms with van der Waals surface area (Å²) in [6.45, 7) is 6.54. The van der Waals surface area contributed by atoms with Gasteiger partial charge in [-0.15, -0.1) is 0 Å². The molecule has 0 radical (unpaired) electrons. The number of piperidine rings is 1. The third kappa shape index (κ3) is 3.38. The Hall–Kier alpha value is -3.10. The third-order valence-corrected chi connectivity index (χ3v) is 5.57. The molecule has 1 atom stereocenters. The monoisotopic (exact) mass is 414 g/mol. The minimum atomic E-state index is -0.722. The number of imide groups is 1. The van der Waals surface area contributed by atoms with E-state index in [4.69, 9.17) is 4.74 Å². The van der Waals surface area contributed by atoms with Crippen LogP contribution < -0.4 is 15.9 Å². The number of nitrogens with zero attached hydrogens (tertiary/aromatic N) is 3.